The van der Waals surface area contributed by atoms with Gasteiger partial charge in [0.05, 0.1) is 12.6 Å². The monoisotopic (exact) mass is 662 g/mol. The van der Waals surface area contributed by atoms with Gasteiger partial charge in [0, 0.05) is 40.6 Å². The highest BCUT2D eigenvalue weighted by Crippen LogP contribution is 2.47. The maximum Gasteiger partial charge on any atom is 0.253 e. The Labute approximate surface area is 283 Å². The van der Waals surface area contributed by atoms with Crippen molar-refractivity contribution in [2.24, 2.45) is 4.99 Å². The number of benzene rings is 5. The van der Waals surface area contributed by atoms with Gasteiger partial charge >= 0.3 is 0 Å². The van der Waals surface area contributed by atoms with Crippen molar-refractivity contribution in [3.8, 4) is 16.9 Å². The molecule has 6 nitrogen and oxygen atoms in total. The first-order valence-electron chi connectivity index (χ1n) is 15.6. The normalized spacial score (nSPS) is 18.2. The lowest BCUT2D eigenvalue weighted by atomic mass is 9.81. The van der Waals surface area contributed by atoms with Crippen molar-refractivity contribution in [2.75, 3.05) is 13.2 Å². The first-order chi connectivity index (χ1) is 23.0. The van der Waals surface area contributed by atoms with Gasteiger partial charge in [-0.05, 0) is 64.2 Å². The van der Waals surface area contributed by atoms with Crippen LogP contribution < -0.4 is 10.1 Å². The van der Waals surface area contributed by atoms with Crippen LogP contribution in [-0.4, -0.2) is 35.7 Å². The van der Waals surface area contributed by atoms with E-state index in [4.69, 9.17) is 42.8 Å². The first kappa shape index (κ1) is 31.0. The number of fused-ring (bicyclic) bond motifs is 3. The van der Waals surface area contributed by atoms with E-state index in [1.807, 2.05) is 78.9 Å². The molecule has 2 N–H and O–H groups in total. The average molecular weight is 664 g/mol. The number of rotatable bonds is 10. The summed E-state index contributed by atoms with van der Waals surface area (Å²) in [5.41, 5.74) is 5.02. The molecule has 0 radical (unpaired) electrons. The van der Waals surface area contributed by atoms with Crippen LogP contribution in [-0.2, 0) is 16.0 Å². The SMILES string of the molecule is O=C(NC1c2ccccc2-c2ccccc21)[C@]1(Cc2ccccc2)N=C(c2ccc(OCCCO)cc2)O[C@@H]1c1ccc(Cl)cc1Cl. The van der Waals surface area contributed by atoms with E-state index in [1.54, 1.807) is 18.2 Å². The maximum atomic E-state index is 15.1. The fraction of sp³-hybridized carbons (Fsp3) is 0.179. The Morgan fingerprint density at radius 2 is 1.49 bits per heavy atom. The molecule has 0 bridgehead atoms. The topological polar surface area (TPSA) is 80.2 Å². The van der Waals surface area contributed by atoms with Crippen LogP contribution in [0.1, 0.15) is 46.4 Å². The molecular formula is C39H32Cl2N2O4. The molecule has 47 heavy (non-hydrogen) atoms. The van der Waals surface area contributed by atoms with E-state index in [0.717, 1.165) is 27.8 Å². The van der Waals surface area contributed by atoms with E-state index in [9.17, 15) is 0 Å². The molecule has 5 aromatic rings. The number of aliphatic hydroxyl groups excluding tert-OH is 1. The molecule has 1 aliphatic heterocycles. The molecule has 7 rings (SSSR count). The number of hydrogen-bond acceptors (Lipinski definition) is 5. The number of carbonyl (C=O) groups is 1. The first-order valence-corrected chi connectivity index (χ1v) is 16.3. The Morgan fingerprint density at radius 3 is 2.15 bits per heavy atom. The highest BCUT2D eigenvalue weighted by Gasteiger charge is 2.54. The third-order valence-corrected chi connectivity index (χ3v) is 9.26. The fourth-order valence-corrected chi connectivity index (χ4v) is 6.96. The summed E-state index contributed by atoms with van der Waals surface area (Å²) >= 11 is 13.2. The van der Waals surface area contributed by atoms with Gasteiger partial charge in [-0.3, -0.25) is 4.79 Å². The number of halogens is 2. The van der Waals surface area contributed by atoms with Crippen LogP contribution >= 0.6 is 23.2 Å². The minimum atomic E-state index is -1.43. The summed E-state index contributed by atoms with van der Waals surface area (Å²) in [4.78, 5) is 20.3. The average Bonchev–Trinajstić information content (AvgIpc) is 3.62. The maximum absolute atomic E-state index is 15.1. The van der Waals surface area contributed by atoms with Gasteiger partial charge < -0.3 is 19.9 Å². The number of nitrogens with one attached hydrogen (secondary N) is 1. The van der Waals surface area contributed by atoms with Crippen molar-refractivity contribution in [3.05, 3.63) is 159 Å². The molecule has 1 aliphatic carbocycles. The minimum Gasteiger partial charge on any atom is -0.494 e. The van der Waals surface area contributed by atoms with E-state index in [0.29, 0.717) is 45.8 Å². The molecule has 2 aliphatic rings. The fourth-order valence-electron chi connectivity index (χ4n) is 6.45. The molecule has 5 aromatic carbocycles. The summed E-state index contributed by atoms with van der Waals surface area (Å²) in [6.07, 6.45) is -0.0749. The van der Waals surface area contributed by atoms with Crippen LogP contribution in [0.3, 0.4) is 0 Å². The molecular weight excluding hydrogens is 631 g/mol. The van der Waals surface area contributed by atoms with Crippen LogP contribution in [0.15, 0.2) is 126 Å². The number of aliphatic imine (C=N–C) groups is 1. The molecule has 0 aromatic heterocycles. The molecule has 2 atom stereocenters. The largest absolute Gasteiger partial charge is 0.494 e. The second-order valence-corrected chi connectivity index (χ2v) is 12.5. The van der Waals surface area contributed by atoms with Gasteiger partial charge in [-0.25, -0.2) is 4.99 Å². The van der Waals surface area contributed by atoms with Crippen LogP contribution in [0.25, 0.3) is 11.1 Å². The molecule has 0 fully saturated rings. The molecule has 0 saturated carbocycles. The van der Waals surface area contributed by atoms with Crippen LogP contribution in [0.5, 0.6) is 5.75 Å². The van der Waals surface area contributed by atoms with Gasteiger partial charge in [-0.15, -0.1) is 0 Å². The molecule has 1 heterocycles. The summed E-state index contributed by atoms with van der Waals surface area (Å²) in [6.45, 7) is 0.458. The predicted octanol–water partition coefficient (Wildman–Crippen LogP) is 8.14. The lowest BCUT2D eigenvalue weighted by Gasteiger charge is -2.32. The zero-order valence-electron chi connectivity index (χ0n) is 25.4. The summed E-state index contributed by atoms with van der Waals surface area (Å²) < 4.78 is 12.4. The second-order valence-electron chi connectivity index (χ2n) is 11.7. The van der Waals surface area contributed by atoms with Gasteiger partial charge in [-0.1, -0.05) is 108 Å². The third-order valence-electron chi connectivity index (χ3n) is 8.70. The Hall–Kier alpha value is -4.62. The number of nitrogens with zero attached hydrogens (tertiary/aromatic N) is 1. The Kier molecular flexibility index (Phi) is 8.74. The number of amides is 1. The van der Waals surface area contributed by atoms with Crippen molar-refractivity contribution in [1.29, 1.82) is 0 Å². The van der Waals surface area contributed by atoms with E-state index >= 15 is 4.79 Å². The molecule has 8 heteroatoms. The lowest BCUT2D eigenvalue weighted by molar-refractivity contribution is -0.129. The van der Waals surface area contributed by atoms with E-state index in [1.165, 1.54) is 0 Å². The number of aliphatic hydroxyl groups is 1. The highest BCUT2D eigenvalue weighted by molar-refractivity contribution is 6.35. The summed E-state index contributed by atoms with van der Waals surface area (Å²) in [5, 5.41) is 13.4. The zero-order chi connectivity index (χ0) is 32.4. The van der Waals surface area contributed by atoms with E-state index in [2.05, 4.69) is 29.6 Å². The molecule has 0 unspecified atom stereocenters. The second kappa shape index (κ2) is 13.2. The van der Waals surface area contributed by atoms with Gasteiger partial charge in [0.15, 0.2) is 11.6 Å². The standard InChI is InChI=1S/C39H32Cl2N2O4/c40-27-17-20-33(34(41)23-27)36-39(24-25-9-2-1-3-10-25,43-37(47-36)26-15-18-28(19-16-26)46-22-8-21-44)38(45)42-35-31-13-6-4-11-29(31)30-12-5-7-14-32(30)35/h1-7,9-20,23,35-36,44H,8,21-22,24H2,(H,42,45)/t36-,39-/m1/s1. The quantitative estimate of drug-likeness (QED) is 0.148. The van der Waals surface area contributed by atoms with Gasteiger partial charge in [0.25, 0.3) is 5.91 Å². The molecule has 236 valence electrons. The van der Waals surface area contributed by atoms with Crippen molar-refractivity contribution < 1.29 is 19.4 Å². The van der Waals surface area contributed by atoms with Crippen LogP contribution in [0.2, 0.25) is 10.0 Å². The predicted molar refractivity (Wildman–Crippen MR) is 185 cm³/mol. The number of hydrogen-bond donors (Lipinski definition) is 2. The minimum absolute atomic E-state index is 0.0565. The lowest BCUT2D eigenvalue weighted by Crippen LogP contribution is -2.50. The van der Waals surface area contributed by atoms with Crippen molar-refractivity contribution in [1.82, 2.24) is 5.32 Å². The third kappa shape index (κ3) is 6.00. The number of carbonyl (C=O) groups excluding carboxylic acids is 1. The van der Waals surface area contributed by atoms with Gasteiger partial charge in [-0.2, -0.15) is 0 Å². The van der Waals surface area contributed by atoms with E-state index < -0.39 is 11.6 Å². The van der Waals surface area contributed by atoms with E-state index in [-0.39, 0.29) is 25.0 Å². The van der Waals surface area contributed by atoms with Crippen molar-refractivity contribution in [2.45, 2.75) is 30.5 Å². The molecule has 0 saturated heterocycles. The molecule has 1 amide bonds. The molecule has 0 spiro atoms. The summed E-state index contributed by atoms with van der Waals surface area (Å²) in [7, 11) is 0. The van der Waals surface area contributed by atoms with Crippen molar-refractivity contribution >= 4 is 35.0 Å². The van der Waals surface area contributed by atoms with Gasteiger partial charge in [0.1, 0.15) is 5.75 Å². The number of ether oxygens (including phenoxy) is 2. The Balaban J connectivity index is 1.34. The highest BCUT2D eigenvalue weighted by atomic mass is 35.5. The zero-order valence-corrected chi connectivity index (χ0v) is 26.9. The van der Waals surface area contributed by atoms with Gasteiger partial charge in [0.2, 0.25) is 5.90 Å². The summed E-state index contributed by atoms with van der Waals surface area (Å²) in [5.74, 6) is 0.694. The van der Waals surface area contributed by atoms with Crippen LogP contribution in [0.4, 0.5) is 0 Å². The Morgan fingerprint density at radius 1 is 0.830 bits per heavy atom. The van der Waals surface area contributed by atoms with Crippen LogP contribution in [0, 0.1) is 0 Å². The summed E-state index contributed by atoms with van der Waals surface area (Å²) in [6, 6.07) is 38.3. The smallest absolute Gasteiger partial charge is 0.253 e. The van der Waals surface area contributed by atoms with Crippen molar-refractivity contribution in [3.63, 3.8) is 0 Å². The Bertz CT molecular complexity index is 1900.